The highest BCUT2D eigenvalue weighted by Gasteiger charge is 2.01. The molecule has 1 heterocycles. The standard InChI is InChI=1S/C11H9BrN2/c12-11-10(13-6-7-14-11)8-9-4-2-1-3-5-9/h1-7H,8H2. The van der Waals surface area contributed by atoms with Gasteiger partial charge >= 0.3 is 0 Å². The molecule has 0 saturated heterocycles. The zero-order chi connectivity index (χ0) is 9.80. The van der Waals surface area contributed by atoms with Gasteiger partial charge in [0.1, 0.15) is 4.60 Å². The van der Waals surface area contributed by atoms with Gasteiger partial charge in [-0.15, -0.1) is 0 Å². The topological polar surface area (TPSA) is 25.8 Å². The minimum absolute atomic E-state index is 0.815. The van der Waals surface area contributed by atoms with Crippen LogP contribution in [0.4, 0.5) is 0 Å². The molecule has 0 amide bonds. The van der Waals surface area contributed by atoms with E-state index < -0.39 is 0 Å². The van der Waals surface area contributed by atoms with Gasteiger partial charge in [-0.05, 0) is 21.5 Å². The molecule has 14 heavy (non-hydrogen) atoms. The summed E-state index contributed by atoms with van der Waals surface area (Å²) in [6.45, 7) is 0. The van der Waals surface area contributed by atoms with Gasteiger partial charge in [0.25, 0.3) is 0 Å². The number of hydrogen-bond donors (Lipinski definition) is 0. The predicted molar refractivity (Wildman–Crippen MR) is 59.0 cm³/mol. The summed E-state index contributed by atoms with van der Waals surface area (Å²) in [6, 6.07) is 10.2. The summed E-state index contributed by atoms with van der Waals surface area (Å²) in [7, 11) is 0. The highest BCUT2D eigenvalue weighted by molar-refractivity contribution is 9.10. The van der Waals surface area contributed by atoms with Crippen molar-refractivity contribution in [1.82, 2.24) is 9.97 Å². The molecule has 0 aliphatic carbocycles. The number of hydrogen-bond acceptors (Lipinski definition) is 2. The van der Waals surface area contributed by atoms with E-state index in [1.165, 1.54) is 5.56 Å². The predicted octanol–water partition coefficient (Wildman–Crippen LogP) is 2.83. The second-order valence-corrected chi connectivity index (χ2v) is 3.71. The van der Waals surface area contributed by atoms with Crippen molar-refractivity contribution in [2.75, 3.05) is 0 Å². The maximum absolute atomic E-state index is 4.26. The van der Waals surface area contributed by atoms with Crippen LogP contribution in [0.3, 0.4) is 0 Å². The van der Waals surface area contributed by atoms with Crippen LogP contribution >= 0.6 is 15.9 Å². The highest BCUT2D eigenvalue weighted by Crippen LogP contribution is 2.14. The molecule has 0 unspecified atom stereocenters. The third-order valence-corrected chi connectivity index (χ3v) is 2.60. The Kier molecular flexibility index (Phi) is 2.89. The summed E-state index contributed by atoms with van der Waals surface area (Å²) in [5, 5.41) is 0. The van der Waals surface area contributed by atoms with Crippen LogP contribution in [0.5, 0.6) is 0 Å². The molecule has 0 spiro atoms. The van der Waals surface area contributed by atoms with E-state index in [0.717, 1.165) is 16.7 Å². The zero-order valence-electron chi connectivity index (χ0n) is 7.52. The van der Waals surface area contributed by atoms with E-state index >= 15 is 0 Å². The Morgan fingerprint density at radius 3 is 2.43 bits per heavy atom. The van der Waals surface area contributed by atoms with Crippen molar-refractivity contribution in [3.63, 3.8) is 0 Å². The van der Waals surface area contributed by atoms with E-state index in [0.29, 0.717) is 0 Å². The second kappa shape index (κ2) is 4.33. The van der Waals surface area contributed by atoms with Crippen LogP contribution < -0.4 is 0 Å². The van der Waals surface area contributed by atoms with Crippen LogP contribution in [-0.4, -0.2) is 9.97 Å². The van der Waals surface area contributed by atoms with E-state index in [4.69, 9.17) is 0 Å². The van der Waals surface area contributed by atoms with E-state index in [9.17, 15) is 0 Å². The monoisotopic (exact) mass is 248 g/mol. The lowest BCUT2D eigenvalue weighted by atomic mass is 10.1. The number of nitrogens with zero attached hydrogens (tertiary/aromatic N) is 2. The zero-order valence-corrected chi connectivity index (χ0v) is 9.11. The smallest absolute Gasteiger partial charge is 0.127 e. The van der Waals surface area contributed by atoms with Gasteiger partial charge < -0.3 is 0 Å². The largest absolute Gasteiger partial charge is 0.257 e. The molecule has 2 aromatic rings. The van der Waals surface area contributed by atoms with Gasteiger partial charge in [0.2, 0.25) is 0 Å². The van der Waals surface area contributed by atoms with Crippen molar-refractivity contribution in [1.29, 1.82) is 0 Å². The molecule has 0 aliphatic heterocycles. The fourth-order valence-electron chi connectivity index (χ4n) is 1.26. The Morgan fingerprint density at radius 2 is 1.71 bits per heavy atom. The van der Waals surface area contributed by atoms with Crippen molar-refractivity contribution in [3.8, 4) is 0 Å². The molecule has 70 valence electrons. The van der Waals surface area contributed by atoms with Crippen molar-refractivity contribution in [2.24, 2.45) is 0 Å². The summed E-state index contributed by atoms with van der Waals surface area (Å²) in [4.78, 5) is 8.39. The Morgan fingerprint density at radius 1 is 1.00 bits per heavy atom. The third kappa shape index (κ3) is 2.17. The average molecular weight is 249 g/mol. The van der Waals surface area contributed by atoms with Crippen LogP contribution in [0.1, 0.15) is 11.3 Å². The summed E-state index contributed by atoms with van der Waals surface area (Å²) in [6.07, 6.45) is 4.21. The Labute approximate surface area is 91.2 Å². The summed E-state index contributed by atoms with van der Waals surface area (Å²) < 4.78 is 0.823. The molecule has 1 aromatic heterocycles. The number of halogens is 1. The highest BCUT2D eigenvalue weighted by atomic mass is 79.9. The van der Waals surface area contributed by atoms with E-state index in [1.54, 1.807) is 12.4 Å². The molecule has 0 bridgehead atoms. The molecular weight excluding hydrogens is 240 g/mol. The average Bonchev–Trinajstić information content (AvgIpc) is 2.23. The van der Waals surface area contributed by atoms with Crippen LogP contribution in [0.15, 0.2) is 47.3 Å². The fraction of sp³-hybridized carbons (Fsp3) is 0.0909. The normalized spacial score (nSPS) is 10.1. The molecule has 1 aromatic carbocycles. The van der Waals surface area contributed by atoms with Crippen molar-refractivity contribution >= 4 is 15.9 Å². The molecule has 0 fully saturated rings. The third-order valence-electron chi connectivity index (χ3n) is 1.94. The lowest BCUT2D eigenvalue weighted by molar-refractivity contribution is 1.01. The number of rotatable bonds is 2. The maximum Gasteiger partial charge on any atom is 0.127 e. The SMILES string of the molecule is Brc1nccnc1Cc1ccccc1. The van der Waals surface area contributed by atoms with Crippen molar-refractivity contribution in [2.45, 2.75) is 6.42 Å². The quantitative estimate of drug-likeness (QED) is 0.817. The van der Waals surface area contributed by atoms with Crippen LogP contribution in [0, 0.1) is 0 Å². The molecular formula is C11H9BrN2. The molecule has 2 rings (SSSR count). The van der Waals surface area contributed by atoms with Gasteiger partial charge in [0, 0.05) is 18.8 Å². The molecule has 0 atom stereocenters. The van der Waals surface area contributed by atoms with Gasteiger partial charge in [-0.1, -0.05) is 30.3 Å². The van der Waals surface area contributed by atoms with E-state index in [1.807, 2.05) is 18.2 Å². The van der Waals surface area contributed by atoms with Gasteiger partial charge in [0.05, 0.1) is 5.69 Å². The molecule has 0 radical (unpaired) electrons. The fourth-order valence-corrected chi connectivity index (χ4v) is 1.62. The Balaban J connectivity index is 2.24. The first kappa shape index (κ1) is 9.34. The Bertz CT molecular complexity index is 415. The van der Waals surface area contributed by atoms with Crippen molar-refractivity contribution in [3.05, 3.63) is 58.6 Å². The van der Waals surface area contributed by atoms with Gasteiger partial charge in [-0.3, -0.25) is 4.98 Å². The van der Waals surface area contributed by atoms with Crippen LogP contribution in [0.25, 0.3) is 0 Å². The van der Waals surface area contributed by atoms with Crippen LogP contribution in [-0.2, 0) is 6.42 Å². The van der Waals surface area contributed by atoms with Crippen LogP contribution in [0.2, 0.25) is 0 Å². The van der Waals surface area contributed by atoms with Gasteiger partial charge in [0.15, 0.2) is 0 Å². The summed E-state index contributed by atoms with van der Waals surface area (Å²) in [5.41, 5.74) is 2.22. The van der Waals surface area contributed by atoms with Crippen molar-refractivity contribution < 1.29 is 0 Å². The van der Waals surface area contributed by atoms with E-state index in [2.05, 4.69) is 38.0 Å². The van der Waals surface area contributed by atoms with Gasteiger partial charge in [-0.2, -0.15) is 0 Å². The minimum atomic E-state index is 0.815. The summed E-state index contributed by atoms with van der Waals surface area (Å²) >= 11 is 3.38. The second-order valence-electron chi connectivity index (χ2n) is 2.96. The minimum Gasteiger partial charge on any atom is -0.257 e. The molecule has 3 heteroatoms. The number of benzene rings is 1. The first-order chi connectivity index (χ1) is 6.86. The molecule has 0 aliphatic rings. The lowest BCUT2D eigenvalue weighted by Gasteiger charge is -2.01. The lowest BCUT2D eigenvalue weighted by Crippen LogP contribution is -1.94. The Hall–Kier alpha value is -1.22. The maximum atomic E-state index is 4.26. The first-order valence-electron chi connectivity index (χ1n) is 4.35. The first-order valence-corrected chi connectivity index (χ1v) is 5.15. The number of aromatic nitrogens is 2. The van der Waals surface area contributed by atoms with E-state index in [-0.39, 0.29) is 0 Å². The molecule has 2 nitrogen and oxygen atoms in total. The molecule has 0 N–H and O–H groups in total. The summed E-state index contributed by atoms with van der Waals surface area (Å²) in [5.74, 6) is 0. The van der Waals surface area contributed by atoms with Gasteiger partial charge in [-0.25, -0.2) is 4.98 Å². The molecule has 0 saturated carbocycles.